The van der Waals surface area contributed by atoms with Gasteiger partial charge >= 0.3 is 0 Å². The quantitative estimate of drug-likeness (QED) is 0.294. The molecule has 0 atom stereocenters. The van der Waals surface area contributed by atoms with Gasteiger partial charge in [0, 0.05) is 0 Å². The molecule has 0 aliphatic heterocycles. The Labute approximate surface area is 121 Å². The maximum Gasteiger partial charge on any atom is -0.00675 e. The molecule has 0 aliphatic rings. The molecule has 1 heteroatoms. The molecule has 0 spiro atoms. The molecule has 110 valence electrons. The molecule has 18 heavy (non-hydrogen) atoms. The second-order valence-corrected chi connectivity index (χ2v) is 6.73. The highest BCUT2D eigenvalue weighted by Gasteiger charge is 1.93. The Morgan fingerprint density at radius 2 is 0.889 bits per heavy atom. The van der Waals surface area contributed by atoms with E-state index in [2.05, 4.69) is 25.6 Å². The molecule has 0 unspecified atom stereocenters. The molecule has 0 saturated heterocycles. The van der Waals surface area contributed by atoms with Gasteiger partial charge in [-0.05, 0) is 24.3 Å². The molecule has 0 aromatic rings. The van der Waals surface area contributed by atoms with E-state index in [1.54, 1.807) is 0 Å². The van der Waals surface area contributed by atoms with E-state index in [1.807, 2.05) is 0 Å². The Hall–Kier alpha value is 0.350. The van der Waals surface area contributed by atoms with Crippen LogP contribution in [-0.2, 0) is 0 Å². The van der Waals surface area contributed by atoms with Crippen LogP contribution in [0.4, 0.5) is 0 Å². The summed E-state index contributed by atoms with van der Waals surface area (Å²) in [5, 5.41) is 0. The zero-order valence-electron chi connectivity index (χ0n) is 13.0. The lowest BCUT2D eigenvalue weighted by molar-refractivity contribution is 0.548. The van der Waals surface area contributed by atoms with Crippen LogP contribution in [0.1, 0.15) is 97.3 Å². The van der Waals surface area contributed by atoms with E-state index in [4.69, 9.17) is 0 Å². The predicted octanol–water partition coefficient (Wildman–Crippen LogP) is 6.83. The molecule has 0 saturated carbocycles. The fraction of sp³-hybridized carbons (Fsp3) is 1.00. The van der Waals surface area contributed by atoms with Crippen molar-refractivity contribution in [1.29, 1.82) is 0 Å². The third-order valence-electron chi connectivity index (χ3n) is 3.49. The van der Waals surface area contributed by atoms with Crippen LogP contribution in [0, 0.1) is 0 Å². The molecule has 0 nitrogen and oxygen atoms in total. The first kappa shape index (κ1) is 18.4. The second-order valence-electron chi connectivity index (χ2n) is 5.50. The van der Waals surface area contributed by atoms with Crippen molar-refractivity contribution < 1.29 is 0 Å². The smallest absolute Gasteiger partial charge is 0.00675 e. The number of thioether (sulfide) groups is 1. The van der Waals surface area contributed by atoms with Crippen molar-refractivity contribution in [2.45, 2.75) is 97.3 Å². The van der Waals surface area contributed by atoms with Crippen molar-refractivity contribution in [3.63, 3.8) is 0 Å². The Balaban J connectivity index is 2.86. The van der Waals surface area contributed by atoms with E-state index in [9.17, 15) is 0 Å². The zero-order valence-corrected chi connectivity index (χ0v) is 13.8. The lowest BCUT2D eigenvalue weighted by Gasteiger charge is -2.03. The van der Waals surface area contributed by atoms with Crippen LogP contribution >= 0.6 is 11.8 Å². The number of hydrogen-bond donors (Lipinski definition) is 0. The summed E-state index contributed by atoms with van der Waals surface area (Å²) in [5.41, 5.74) is 0. The molecule has 0 aromatic heterocycles. The van der Waals surface area contributed by atoms with E-state index in [0.717, 1.165) is 0 Å². The zero-order chi connectivity index (χ0) is 13.3. The van der Waals surface area contributed by atoms with Gasteiger partial charge < -0.3 is 0 Å². The molecule has 0 rings (SSSR count). The maximum atomic E-state index is 2.29. The minimum Gasteiger partial charge on any atom is -0.162 e. The van der Waals surface area contributed by atoms with E-state index in [-0.39, 0.29) is 0 Å². The maximum absolute atomic E-state index is 2.29. The molecule has 0 bridgehead atoms. The summed E-state index contributed by atoms with van der Waals surface area (Å²) < 4.78 is 0. The van der Waals surface area contributed by atoms with E-state index >= 15 is 0 Å². The van der Waals surface area contributed by atoms with Gasteiger partial charge in [0.1, 0.15) is 0 Å². The standard InChI is InChI=1S/C17H36S/c1-3-5-6-7-8-9-10-11-12-13-14-15-17-18-16-4-2/h3-17H2,1-2H3. The third-order valence-corrected chi connectivity index (χ3v) is 4.76. The number of hydrogen-bond acceptors (Lipinski definition) is 1. The highest BCUT2D eigenvalue weighted by molar-refractivity contribution is 7.99. The summed E-state index contributed by atoms with van der Waals surface area (Å²) >= 11 is 2.13. The fourth-order valence-electron chi connectivity index (χ4n) is 2.29. The number of rotatable bonds is 15. The van der Waals surface area contributed by atoms with Crippen LogP contribution < -0.4 is 0 Å². The van der Waals surface area contributed by atoms with E-state index < -0.39 is 0 Å². The molecule has 0 N–H and O–H groups in total. The normalized spacial score (nSPS) is 11.0. The SMILES string of the molecule is CCCCCCCCCCCCCCSCCC. The van der Waals surface area contributed by atoms with Crippen LogP contribution in [0.2, 0.25) is 0 Å². The first-order valence-corrected chi connectivity index (χ1v) is 9.65. The van der Waals surface area contributed by atoms with Gasteiger partial charge in [-0.15, -0.1) is 0 Å². The minimum atomic E-state index is 1.34. The lowest BCUT2D eigenvalue weighted by atomic mass is 10.1. The van der Waals surface area contributed by atoms with Gasteiger partial charge in [0.15, 0.2) is 0 Å². The fourth-order valence-corrected chi connectivity index (χ4v) is 3.19. The van der Waals surface area contributed by atoms with Crippen molar-refractivity contribution >= 4 is 11.8 Å². The van der Waals surface area contributed by atoms with Crippen LogP contribution in [0.3, 0.4) is 0 Å². The lowest BCUT2D eigenvalue weighted by Crippen LogP contribution is -1.85. The average Bonchev–Trinajstić information content (AvgIpc) is 2.39. The van der Waals surface area contributed by atoms with Gasteiger partial charge in [0.2, 0.25) is 0 Å². The van der Waals surface area contributed by atoms with Gasteiger partial charge in [0.05, 0.1) is 0 Å². The predicted molar refractivity (Wildman–Crippen MR) is 88.7 cm³/mol. The highest BCUT2D eigenvalue weighted by atomic mass is 32.2. The summed E-state index contributed by atoms with van der Waals surface area (Å²) in [6.45, 7) is 4.57. The second kappa shape index (κ2) is 17.4. The Morgan fingerprint density at radius 3 is 1.33 bits per heavy atom. The molecule has 0 radical (unpaired) electrons. The van der Waals surface area contributed by atoms with Crippen LogP contribution in [-0.4, -0.2) is 11.5 Å². The largest absolute Gasteiger partial charge is 0.162 e. The summed E-state index contributed by atoms with van der Waals surface area (Å²) in [4.78, 5) is 0. The van der Waals surface area contributed by atoms with Gasteiger partial charge in [-0.1, -0.05) is 84.5 Å². The molecule has 0 aromatic carbocycles. The van der Waals surface area contributed by atoms with E-state index in [1.165, 1.54) is 95.0 Å². The van der Waals surface area contributed by atoms with Gasteiger partial charge in [-0.3, -0.25) is 0 Å². The van der Waals surface area contributed by atoms with E-state index in [0.29, 0.717) is 0 Å². The molecule has 0 heterocycles. The molecule has 0 amide bonds. The van der Waals surface area contributed by atoms with Crippen molar-refractivity contribution in [1.82, 2.24) is 0 Å². The Bertz CT molecular complexity index is 118. The average molecular weight is 273 g/mol. The van der Waals surface area contributed by atoms with Crippen molar-refractivity contribution in [2.24, 2.45) is 0 Å². The van der Waals surface area contributed by atoms with Crippen LogP contribution in [0.15, 0.2) is 0 Å². The Kier molecular flexibility index (Phi) is 17.7. The molecular weight excluding hydrogens is 236 g/mol. The molecule has 0 fully saturated rings. The first-order valence-electron chi connectivity index (χ1n) is 8.49. The summed E-state index contributed by atoms with van der Waals surface area (Å²) in [7, 11) is 0. The van der Waals surface area contributed by atoms with Crippen molar-refractivity contribution in [3.8, 4) is 0 Å². The van der Waals surface area contributed by atoms with Crippen molar-refractivity contribution in [3.05, 3.63) is 0 Å². The summed E-state index contributed by atoms with van der Waals surface area (Å²) in [6, 6.07) is 0. The topological polar surface area (TPSA) is 0 Å². The van der Waals surface area contributed by atoms with Gasteiger partial charge in [-0.2, -0.15) is 11.8 Å². The van der Waals surface area contributed by atoms with Crippen LogP contribution in [0.25, 0.3) is 0 Å². The minimum absolute atomic E-state index is 1.34. The van der Waals surface area contributed by atoms with Gasteiger partial charge in [-0.25, -0.2) is 0 Å². The summed E-state index contributed by atoms with van der Waals surface area (Å²) in [6.07, 6.45) is 18.9. The monoisotopic (exact) mass is 272 g/mol. The molecule has 0 aliphatic carbocycles. The first-order chi connectivity index (χ1) is 8.91. The summed E-state index contributed by atoms with van der Waals surface area (Å²) in [5.74, 6) is 2.75. The van der Waals surface area contributed by atoms with Gasteiger partial charge in [0.25, 0.3) is 0 Å². The van der Waals surface area contributed by atoms with Crippen molar-refractivity contribution in [2.75, 3.05) is 11.5 Å². The number of unbranched alkanes of at least 4 members (excludes halogenated alkanes) is 11. The molecular formula is C17H36S. The highest BCUT2D eigenvalue weighted by Crippen LogP contribution is 2.13. The van der Waals surface area contributed by atoms with Crippen LogP contribution in [0.5, 0.6) is 0 Å². The Morgan fingerprint density at radius 1 is 0.444 bits per heavy atom. The third kappa shape index (κ3) is 16.4.